The van der Waals surface area contributed by atoms with Gasteiger partial charge in [0.2, 0.25) is 0 Å². The molecule has 2 saturated heterocycles. The van der Waals surface area contributed by atoms with Crippen LogP contribution in [0.5, 0.6) is 0 Å². The maximum atomic E-state index is 13.2. The molecule has 0 aromatic rings. The van der Waals surface area contributed by atoms with Crippen molar-refractivity contribution in [2.45, 2.75) is 142 Å². The number of unbranched alkanes of at least 4 members (excludes halogenated alkanes) is 1. The summed E-state index contributed by atoms with van der Waals surface area (Å²) in [6.07, 6.45) is 2.61. The Labute approximate surface area is 190 Å². The van der Waals surface area contributed by atoms with E-state index in [0.717, 1.165) is 12.8 Å². The first-order valence-corrected chi connectivity index (χ1v) is 11.7. The lowest BCUT2D eigenvalue weighted by Crippen LogP contribution is -2.50. The van der Waals surface area contributed by atoms with E-state index < -0.39 is 47.5 Å². The zero-order valence-corrected chi connectivity index (χ0v) is 21.9. The van der Waals surface area contributed by atoms with Crippen LogP contribution in [0.2, 0.25) is 5.21 Å². The molecule has 178 valence electrons. The number of esters is 1. The number of rotatable bonds is 7. The maximum Gasteiger partial charge on any atom is 0.462 e. The molecule has 0 N–H and O–H groups in total. The number of hydrogen-bond donors (Lipinski definition) is 0. The van der Waals surface area contributed by atoms with Crippen LogP contribution in [0.15, 0.2) is 0 Å². The average Bonchev–Trinajstić information content (AvgIpc) is 2.89. The Bertz CT molecular complexity index is 597. The molecule has 2 fully saturated rings. The number of ether oxygens (including phenoxy) is 1. The summed E-state index contributed by atoms with van der Waals surface area (Å²) in [6, 6.07) is 0. The second kappa shape index (κ2) is 8.34. The lowest BCUT2D eigenvalue weighted by Gasteiger charge is -2.37. The molecule has 2 aliphatic heterocycles. The molecular formula is C23H44B2O6. The van der Waals surface area contributed by atoms with Crippen LogP contribution < -0.4 is 0 Å². The van der Waals surface area contributed by atoms with Crippen molar-refractivity contribution in [1.29, 1.82) is 0 Å². The summed E-state index contributed by atoms with van der Waals surface area (Å²) in [5, 5.41) is -0.839. The topological polar surface area (TPSA) is 63.2 Å². The van der Waals surface area contributed by atoms with Crippen LogP contribution in [0.25, 0.3) is 0 Å². The number of hydrogen-bond acceptors (Lipinski definition) is 6. The minimum Gasteiger partial charge on any atom is -0.460 e. The standard InChI is InChI=1S/C23H44B2O6/c1-13-14-15-23(16-17(26)27-18(2,3)4,24-28-19(5,6)20(7,8)29-24)25-30-21(9,10)22(11,12)31-25/h13-16H2,1-12H3. The molecule has 2 aliphatic rings. The second-order valence-electron chi connectivity index (χ2n) is 12.3. The molecule has 2 rings (SSSR count). The smallest absolute Gasteiger partial charge is 0.460 e. The van der Waals surface area contributed by atoms with Crippen LogP contribution in [0.3, 0.4) is 0 Å². The lowest BCUT2D eigenvalue weighted by atomic mass is 9.36. The molecule has 0 unspecified atom stereocenters. The van der Waals surface area contributed by atoms with Crippen molar-refractivity contribution in [3.63, 3.8) is 0 Å². The molecule has 0 atom stereocenters. The van der Waals surface area contributed by atoms with Crippen LogP contribution in [-0.2, 0) is 28.1 Å². The summed E-state index contributed by atoms with van der Waals surface area (Å²) in [5.74, 6) is -0.298. The molecule has 0 aromatic heterocycles. The highest BCUT2D eigenvalue weighted by atomic mass is 16.7. The molecule has 0 saturated carbocycles. The van der Waals surface area contributed by atoms with Gasteiger partial charge in [0.05, 0.1) is 27.6 Å². The molecule has 8 heteroatoms. The van der Waals surface area contributed by atoms with E-state index >= 15 is 0 Å². The van der Waals surface area contributed by atoms with Crippen molar-refractivity contribution >= 4 is 20.2 Å². The summed E-state index contributed by atoms with van der Waals surface area (Å²) in [7, 11) is -1.32. The molecule has 0 spiro atoms. The minimum atomic E-state index is -0.839. The van der Waals surface area contributed by atoms with Crippen molar-refractivity contribution in [3.05, 3.63) is 0 Å². The predicted octanol–water partition coefficient (Wildman–Crippen LogP) is 5.37. The zero-order chi connectivity index (χ0) is 24.1. The van der Waals surface area contributed by atoms with Crippen molar-refractivity contribution in [2.75, 3.05) is 0 Å². The van der Waals surface area contributed by atoms with E-state index in [1.165, 1.54) is 0 Å². The van der Waals surface area contributed by atoms with Crippen LogP contribution in [-0.4, -0.2) is 48.2 Å². The molecular weight excluding hydrogens is 394 g/mol. The van der Waals surface area contributed by atoms with E-state index in [2.05, 4.69) is 6.92 Å². The Hall–Kier alpha value is -0.560. The third-order valence-electron chi connectivity index (χ3n) is 7.33. The van der Waals surface area contributed by atoms with Gasteiger partial charge in [0, 0.05) is 6.42 Å². The van der Waals surface area contributed by atoms with E-state index in [9.17, 15) is 4.79 Å². The van der Waals surface area contributed by atoms with Gasteiger partial charge in [0.15, 0.2) is 0 Å². The molecule has 0 radical (unpaired) electrons. The maximum absolute atomic E-state index is 13.2. The average molecular weight is 438 g/mol. The van der Waals surface area contributed by atoms with Gasteiger partial charge in [-0.05, 0) is 76.2 Å². The molecule has 2 heterocycles. The first-order valence-electron chi connectivity index (χ1n) is 11.7. The van der Waals surface area contributed by atoms with Gasteiger partial charge >= 0.3 is 20.2 Å². The predicted molar refractivity (Wildman–Crippen MR) is 125 cm³/mol. The Morgan fingerprint density at radius 2 is 1.13 bits per heavy atom. The Morgan fingerprint density at radius 3 is 1.42 bits per heavy atom. The Balaban J connectivity index is 2.53. The number of carbonyl (C=O) groups is 1. The number of carbonyl (C=O) groups excluding carboxylic acids is 1. The van der Waals surface area contributed by atoms with Crippen LogP contribution in [0.1, 0.15) is 109 Å². The Kier molecular flexibility index (Phi) is 7.18. The highest BCUT2D eigenvalue weighted by Gasteiger charge is 2.69. The largest absolute Gasteiger partial charge is 0.462 e. The van der Waals surface area contributed by atoms with Gasteiger partial charge in [-0.25, -0.2) is 0 Å². The van der Waals surface area contributed by atoms with Crippen molar-refractivity contribution in [2.24, 2.45) is 0 Å². The van der Waals surface area contributed by atoms with Crippen molar-refractivity contribution in [1.82, 2.24) is 0 Å². The quantitative estimate of drug-likeness (QED) is 0.393. The third kappa shape index (κ3) is 5.34. The summed E-state index contributed by atoms with van der Waals surface area (Å²) in [6.45, 7) is 23.9. The summed E-state index contributed by atoms with van der Waals surface area (Å²) < 4.78 is 31.8. The fourth-order valence-corrected chi connectivity index (χ4v) is 3.91. The third-order valence-corrected chi connectivity index (χ3v) is 7.33. The molecule has 31 heavy (non-hydrogen) atoms. The lowest BCUT2D eigenvalue weighted by molar-refractivity contribution is -0.155. The minimum absolute atomic E-state index is 0.0952. The van der Waals surface area contributed by atoms with Gasteiger partial charge in [-0.1, -0.05) is 26.2 Å². The first-order chi connectivity index (χ1) is 13.8. The Morgan fingerprint density at radius 1 is 0.774 bits per heavy atom. The first kappa shape index (κ1) is 26.7. The van der Waals surface area contributed by atoms with Gasteiger partial charge < -0.3 is 23.4 Å². The van der Waals surface area contributed by atoms with E-state index in [1.54, 1.807) is 0 Å². The van der Waals surface area contributed by atoms with Crippen molar-refractivity contribution < 1.29 is 28.1 Å². The SMILES string of the molecule is CCCCC(CC(=O)OC(C)(C)C)(B1OC(C)(C)C(C)(C)O1)B1OC(C)(C)C(C)(C)O1. The van der Waals surface area contributed by atoms with Gasteiger partial charge in [0.25, 0.3) is 0 Å². The molecule has 0 aliphatic carbocycles. The van der Waals surface area contributed by atoms with Gasteiger partial charge in [-0.2, -0.15) is 0 Å². The van der Waals surface area contributed by atoms with E-state index in [-0.39, 0.29) is 12.4 Å². The van der Waals surface area contributed by atoms with Crippen LogP contribution in [0, 0.1) is 0 Å². The fraction of sp³-hybridized carbons (Fsp3) is 0.957. The van der Waals surface area contributed by atoms with E-state index in [1.807, 2.05) is 76.2 Å². The van der Waals surface area contributed by atoms with Crippen LogP contribution in [0.4, 0.5) is 0 Å². The van der Waals surface area contributed by atoms with Crippen LogP contribution >= 0.6 is 0 Å². The van der Waals surface area contributed by atoms with Gasteiger partial charge in [-0.3, -0.25) is 4.79 Å². The van der Waals surface area contributed by atoms with E-state index in [0.29, 0.717) is 6.42 Å². The molecule has 0 amide bonds. The fourth-order valence-electron chi connectivity index (χ4n) is 3.91. The highest BCUT2D eigenvalue weighted by molar-refractivity contribution is 6.72. The normalized spacial score (nSPS) is 24.5. The molecule has 0 bridgehead atoms. The van der Waals surface area contributed by atoms with Gasteiger partial charge in [-0.15, -0.1) is 0 Å². The monoisotopic (exact) mass is 438 g/mol. The summed E-state index contributed by atoms with van der Waals surface area (Å²) in [5.41, 5.74) is -2.72. The van der Waals surface area contributed by atoms with Gasteiger partial charge in [0.1, 0.15) is 5.60 Å². The zero-order valence-electron chi connectivity index (χ0n) is 21.9. The summed E-state index contributed by atoms with van der Waals surface area (Å²) in [4.78, 5) is 13.2. The summed E-state index contributed by atoms with van der Waals surface area (Å²) >= 11 is 0. The van der Waals surface area contributed by atoms with E-state index in [4.69, 9.17) is 23.4 Å². The molecule has 6 nitrogen and oxygen atoms in total. The second-order valence-corrected chi connectivity index (χ2v) is 12.3. The van der Waals surface area contributed by atoms with Crippen molar-refractivity contribution in [3.8, 4) is 0 Å². The highest BCUT2D eigenvalue weighted by Crippen LogP contribution is 2.55. The molecule has 0 aromatic carbocycles.